The van der Waals surface area contributed by atoms with Crippen molar-refractivity contribution in [3.05, 3.63) is 53.1 Å². The predicted molar refractivity (Wildman–Crippen MR) is 103 cm³/mol. The Balaban J connectivity index is 1.55. The highest BCUT2D eigenvalue weighted by atomic mass is 35.5. The molecule has 3 rings (SSSR count). The first-order chi connectivity index (χ1) is 13.2. The third-order valence-electron chi connectivity index (χ3n) is 4.44. The Labute approximate surface area is 164 Å². The summed E-state index contributed by atoms with van der Waals surface area (Å²) in [6, 6.07) is 7.31. The van der Waals surface area contributed by atoms with E-state index in [0.717, 1.165) is 24.8 Å². The van der Waals surface area contributed by atoms with Gasteiger partial charge in [-0.3, -0.25) is 9.78 Å². The van der Waals surface area contributed by atoms with Gasteiger partial charge in [-0.15, -0.1) is 0 Å². The molecule has 0 bridgehead atoms. The molecule has 3 heterocycles. The number of morpholine rings is 1. The van der Waals surface area contributed by atoms with Gasteiger partial charge in [0, 0.05) is 18.9 Å². The number of nitrogens with zero attached hydrogens (tertiary/aromatic N) is 3. The molecular formula is C20H24ClN3O3. The molecule has 0 spiro atoms. The molecule has 1 aliphatic rings. The number of aryl methyl sites for hydroxylation is 1. The van der Waals surface area contributed by atoms with Gasteiger partial charge in [0.15, 0.2) is 10.9 Å². The normalized spacial score (nSPS) is 17.0. The molecule has 0 aliphatic carbocycles. The molecule has 2 aromatic heterocycles. The summed E-state index contributed by atoms with van der Waals surface area (Å²) in [7, 11) is 0. The molecule has 1 aliphatic heterocycles. The fraction of sp³-hybridized carbons (Fsp3) is 0.450. The number of pyridine rings is 2. The van der Waals surface area contributed by atoms with E-state index in [1.54, 1.807) is 29.4 Å². The van der Waals surface area contributed by atoms with Crippen molar-refractivity contribution in [2.24, 2.45) is 0 Å². The predicted octanol–water partition coefficient (Wildman–Crippen LogP) is 3.39. The molecule has 0 aromatic carbocycles. The van der Waals surface area contributed by atoms with E-state index in [0.29, 0.717) is 42.9 Å². The maximum Gasteiger partial charge on any atom is 0.272 e. The minimum atomic E-state index is -0.220. The van der Waals surface area contributed by atoms with Gasteiger partial charge in [-0.05, 0) is 36.6 Å². The second-order valence-electron chi connectivity index (χ2n) is 6.50. The molecule has 1 fully saturated rings. The lowest BCUT2D eigenvalue weighted by atomic mass is 10.1. The number of aromatic nitrogens is 2. The van der Waals surface area contributed by atoms with Crippen LogP contribution in [0, 0.1) is 0 Å². The van der Waals surface area contributed by atoms with Crippen LogP contribution in [0.15, 0.2) is 36.7 Å². The molecule has 7 heteroatoms. The van der Waals surface area contributed by atoms with Crippen molar-refractivity contribution < 1.29 is 14.3 Å². The second-order valence-corrected chi connectivity index (χ2v) is 6.86. The van der Waals surface area contributed by atoms with Crippen LogP contribution in [-0.4, -0.2) is 53.2 Å². The van der Waals surface area contributed by atoms with E-state index in [4.69, 9.17) is 21.1 Å². The monoisotopic (exact) mass is 389 g/mol. The van der Waals surface area contributed by atoms with Crippen LogP contribution in [0.1, 0.15) is 35.8 Å². The van der Waals surface area contributed by atoms with Gasteiger partial charge < -0.3 is 14.4 Å². The average molecular weight is 390 g/mol. The fourth-order valence-corrected chi connectivity index (χ4v) is 3.08. The first-order valence-corrected chi connectivity index (χ1v) is 9.64. The number of rotatable bonds is 7. The highest BCUT2D eigenvalue weighted by Gasteiger charge is 2.26. The van der Waals surface area contributed by atoms with Gasteiger partial charge in [0.1, 0.15) is 18.4 Å². The Hall–Kier alpha value is -2.18. The minimum Gasteiger partial charge on any atom is -0.488 e. The van der Waals surface area contributed by atoms with Gasteiger partial charge in [0.2, 0.25) is 0 Å². The van der Waals surface area contributed by atoms with Crippen LogP contribution in [0.2, 0.25) is 5.15 Å². The summed E-state index contributed by atoms with van der Waals surface area (Å²) in [6.07, 6.45) is 6.44. The minimum absolute atomic E-state index is 0.0789. The van der Waals surface area contributed by atoms with E-state index in [-0.39, 0.29) is 12.0 Å². The van der Waals surface area contributed by atoms with Crippen molar-refractivity contribution in [3.8, 4) is 5.75 Å². The SMILES string of the molecule is CCCCc1ccc(C(=O)N2CCOC(COc3cccnc3Cl)C2)nc1. The lowest BCUT2D eigenvalue weighted by Crippen LogP contribution is -2.47. The summed E-state index contributed by atoms with van der Waals surface area (Å²) >= 11 is 6.00. The standard InChI is InChI=1S/C20H24ClN3O3/c1-2-3-5-15-7-8-17(23-12-15)20(25)24-10-11-26-16(13-24)14-27-18-6-4-9-22-19(18)21/h4,6-9,12,16H,2-3,5,10-11,13-14H2,1H3. The molecule has 0 N–H and O–H groups in total. The van der Waals surface area contributed by atoms with Crippen LogP contribution in [0.3, 0.4) is 0 Å². The number of halogens is 1. The van der Waals surface area contributed by atoms with E-state index in [1.807, 2.05) is 12.1 Å². The molecule has 1 unspecified atom stereocenters. The van der Waals surface area contributed by atoms with Crippen LogP contribution in [0.4, 0.5) is 0 Å². The van der Waals surface area contributed by atoms with Crippen LogP contribution >= 0.6 is 11.6 Å². The van der Waals surface area contributed by atoms with Gasteiger partial charge >= 0.3 is 0 Å². The van der Waals surface area contributed by atoms with Crippen molar-refractivity contribution in [2.45, 2.75) is 32.3 Å². The summed E-state index contributed by atoms with van der Waals surface area (Å²) < 4.78 is 11.4. The number of unbranched alkanes of at least 4 members (excludes halogenated alkanes) is 1. The third-order valence-corrected chi connectivity index (χ3v) is 4.72. The quantitative estimate of drug-likeness (QED) is 0.679. The molecule has 27 heavy (non-hydrogen) atoms. The van der Waals surface area contributed by atoms with Gasteiger partial charge in [0.25, 0.3) is 5.91 Å². The molecule has 0 radical (unpaired) electrons. The van der Waals surface area contributed by atoms with Crippen molar-refractivity contribution in [2.75, 3.05) is 26.3 Å². The number of carbonyl (C=O) groups excluding carboxylic acids is 1. The van der Waals surface area contributed by atoms with Crippen LogP contribution in [0.25, 0.3) is 0 Å². The number of amides is 1. The summed E-state index contributed by atoms with van der Waals surface area (Å²) in [5, 5.41) is 0.314. The highest BCUT2D eigenvalue weighted by Crippen LogP contribution is 2.21. The molecular weight excluding hydrogens is 366 g/mol. The van der Waals surface area contributed by atoms with E-state index in [2.05, 4.69) is 16.9 Å². The first-order valence-electron chi connectivity index (χ1n) is 9.26. The largest absolute Gasteiger partial charge is 0.488 e. The molecule has 0 saturated carbocycles. The van der Waals surface area contributed by atoms with E-state index >= 15 is 0 Å². The number of hydrogen-bond acceptors (Lipinski definition) is 5. The summed E-state index contributed by atoms with van der Waals surface area (Å²) in [4.78, 5) is 22.8. The first kappa shape index (κ1) is 19.6. The summed E-state index contributed by atoms with van der Waals surface area (Å²) in [6.45, 7) is 3.93. The number of ether oxygens (including phenoxy) is 2. The Morgan fingerprint density at radius 1 is 1.37 bits per heavy atom. The van der Waals surface area contributed by atoms with Crippen LogP contribution in [0.5, 0.6) is 5.75 Å². The average Bonchev–Trinajstić information content (AvgIpc) is 2.72. The molecule has 1 saturated heterocycles. The van der Waals surface area contributed by atoms with Crippen molar-refractivity contribution in [3.63, 3.8) is 0 Å². The van der Waals surface area contributed by atoms with Crippen molar-refractivity contribution in [1.29, 1.82) is 0 Å². The summed E-state index contributed by atoms with van der Waals surface area (Å²) in [5.74, 6) is 0.431. The Bertz CT molecular complexity index is 754. The molecule has 144 valence electrons. The van der Waals surface area contributed by atoms with Gasteiger partial charge in [-0.1, -0.05) is 31.0 Å². The molecule has 1 amide bonds. The fourth-order valence-electron chi connectivity index (χ4n) is 2.91. The zero-order chi connectivity index (χ0) is 19.1. The van der Waals surface area contributed by atoms with Gasteiger partial charge in [-0.2, -0.15) is 0 Å². The zero-order valence-electron chi connectivity index (χ0n) is 15.4. The van der Waals surface area contributed by atoms with E-state index in [1.165, 1.54) is 0 Å². The van der Waals surface area contributed by atoms with Crippen LogP contribution in [-0.2, 0) is 11.2 Å². The maximum absolute atomic E-state index is 12.7. The smallest absolute Gasteiger partial charge is 0.272 e. The molecule has 2 aromatic rings. The Morgan fingerprint density at radius 3 is 3.00 bits per heavy atom. The number of carbonyl (C=O) groups is 1. The lowest BCUT2D eigenvalue weighted by molar-refractivity contribution is -0.0402. The Morgan fingerprint density at radius 2 is 2.26 bits per heavy atom. The van der Waals surface area contributed by atoms with Crippen LogP contribution < -0.4 is 4.74 Å². The van der Waals surface area contributed by atoms with E-state index in [9.17, 15) is 4.79 Å². The third kappa shape index (κ3) is 5.40. The van der Waals surface area contributed by atoms with Crippen molar-refractivity contribution in [1.82, 2.24) is 14.9 Å². The highest BCUT2D eigenvalue weighted by molar-refractivity contribution is 6.30. The summed E-state index contributed by atoms with van der Waals surface area (Å²) in [5.41, 5.74) is 1.63. The topological polar surface area (TPSA) is 64.6 Å². The molecule has 6 nitrogen and oxygen atoms in total. The zero-order valence-corrected chi connectivity index (χ0v) is 16.2. The van der Waals surface area contributed by atoms with Gasteiger partial charge in [0.05, 0.1) is 13.2 Å². The Kier molecular flexibility index (Phi) is 7.01. The van der Waals surface area contributed by atoms with Crippen molar-refractivity contribution >= 4 is 17.5 Å². The molecule has 1 atom stereocenters. The maximum atomic E-state index is 12.7. The second kappa shape index (κ2) is 9.67. The lowest BCUT2D eigenvalue weighted by Gasteiger charge is -2.32. The van der Waals surface area contributed by atoms with Gasteiger partial charge in [-0.25, -0.2) is 4.98 Å². The van der Waals surface area contributed by atoms with E-state index < -0.39 is 0 Å². The number of hydrogen-bond donors (Lipinski definition) is 0.